The predicted octanol–water partition coefficient (Wildman–Crippen LogP) is 3.80. The minimum Gasteiger partial charge on any atom is -0.357 e. The van der Waals surface area contributed by atoms with Crippen LogP contribution in [0.3, 0.4) is 0 Å². The zero-order valence-electron chi connectivity index (χ0n) is 18.3. The van der Waals surface area contributed by atoms with Crippen LogP contribution >= 0.6 is 11.6 Å². The molecule has 2 aliphatic heterocycles. The van der Waals surface area contributed by atoms with Gasteiger partial charge >= 0.3 is 0 Å². The van der Waals surface area contributed by atoms with Gasteiger partial charge in [-0.3, -0.25) is 9.47 Å². The van der Waals surface area contributed by atoms with E-state index < -0.39 is 0 Å². The van der Waals surface area contributed by atoms with Crippen molar-refractivity contribution in [3.63, 3.8) is 0 Å². The zero-order valence-corrected chi connectivity index (χ0v) is 19.1. The van der Waals surface area contributed by atoms with Crippen molar-refractivity contribution in [3.8, 4) is 17.8 Å². The normalized spacial score (nSPS) is 17.4. The Morgan fingerprint density at radius 2 is 1.91 bits per heavy atom. The van der Waals surface area contributed by atoms with Gasteiger partial charge in [0.1, 0.15) is 23.4 Å². The average Bonchev–Trinajstić information content (AvgIpc) is 3.19. The number of halogens is 1. The number of piperidine rings is 1. The maximum absolute atomic E-state index is 9.50. The molecular weight excluding hydrogens is 436 g/mol. The van der Waals surface area contributed by atoms with Crippen molar-refractivity contribution < 1.29 is 0 Å². The first-order valence-corrected chi connectivity index (χ1v) is 11.4. The Balaban J connectivity index is 1.45. The number of hydrogen-bond donors (Lipinski definition) is 0. The third kappa shape index (κ3) is 4.04. The third-order valence-corrected chi connectivity index (χ3v) is 6.76. The highest BCUT2D eigenvalue weighted by Gasteiger charge is 2.31. The molecule has 1 atom stereocenters. The number of aromatic nitrogens is 4. The van der Waals surface area contributed by atoms with E-state index in [0.717, 1.165) is 54.6 Å². The van der Waals surface area contributed by atoms with E-state index in [1.165, 1.54) is 0 Å². The molecule has 4 heterocycles. The summed E-state index contributed by atoms with van der Waals surface area (Å²) in [7, 11) is 0. The van der Waals surface area contributed by atoms with Gasteiger partial charge in [-0.25, -0.2) is 4.98 Å². The summed E-state index contributed by atoms with van der Waals surface area (Å²) in [6.07, 6.45) is 1.83. The van der Waals surface area contributed by atoms with Gasteiger partial charge in [0, 0.05) is 30.6 Å². The molecule has 2 aromatic heterocycles. The van der Waals surface area contributed by atoms with Crippen LogP contribution in [0.25, 0.3) is 5.69 Å². The molecule has 166 valence electrons. The Labute approximate surface area is 197 Å². The van der Waals surface area contributed by atoms with E-state index in [0.29, 0.717) is 23.8 Å². The molecule has 1 unspecified atom stereocenters. The molecule has 0 N–H and O–H groups in total. The summed E-state index contributed by atoms with van der Waals surface area (Å²) in [6.45, 7) is 4.76. The lowest BCUT2D eigenvalue weighted by Gasteiger charge is -2.32. The summed E-state index contributed by atoms with van der Waals surface area (Å²) in [4.78, 5) is 8.77. The van der Waals surface area contributed by atoms with Crippen LogP contribution in [0.15, 0.2) is 36.4 Å². The Morgan fingerprint density at radius 1 is 1.09 bits per heavy atom. The summed E-state index contributed by atoms with van der Waals surface area (Å²) < 4.78 is 2.17. The lowest BCUT2D eigenvalue weighted by Crippen LogP contribution is -2.34. The fraction of sp³-hybridized carbons (Fsp3) is 0.375. The fourth-order valence-corrected chi connectivity index (χ4v) is 4.89. The van der Waals surface area contributed by atoms with Gasteiger partial charge in [0.05, 0.1) is 24.3 Å². The molecule has 9 heteroatoms. The van der Waals surface area contributed by atoms with E-state index >= 15 is 0 Å². The van der Waals surface area contributed by atoms with E-state index in [1.54, 1.807) is 6.07 Å². The van der Waals surface area contributed by atoms with E-state index in [4.69, 9.17) is 16.9 Å². The highest BCUT2D eigenvalue weighted by molar-refractivity contribution is 6.30. The zero-order chi connectivity index (χ0) is 22.9. The van der Waals surface area contributed by atoms with Crippen molar-refractivity contribution >= 4 is 17.4 Å². The van der Waals surface area contributed by atoms with Crippen LogP contribution in [0, 0.1) is 22.7 Å². The maximum Gasteiger partial charge on any atom is 0.151 e. The van der Waals surface area contributed by atoms with Gasteiger partial charge < -0.3 is 4.90 Å². The van der Waals surface area contributed by atoms with E-state index in [9.17, 15) is 5.26 Å². The first kappa shape index (κ1) is 21.4. The molecule has 0 bridgehead atoms. The molecule has 5 rings (SSSR count). The molecule has 0 saturated carbocycles. The number of rotatable bonds is 3. The first-order chi connectivity index (χ1) is 16.1. The number of nitriles is 2. The summed E-state index contributed by atoms with van der Waals surface area (Å²) in [6, 6.07) is 15.7. The minimum absolute atomic E-state index is 0.247. The van der Waals surface area contributed by atoms with Gasteiger partial charge in [-0.05, 0) is 55.7 Å². The largest absolute Gasteiger partial charge is 0.357 e. The molecule has 0 aliphatic carbocycles. The van der Waals surface area contributed by atoms with Crippen LogP contribution in [0.4, 0.5) is 5.82 Å². The number of benzene rings is 1. The third-order valence-electron chi connectivity index (χ3n) is 6.52. The molecular formula is C24H23ClN8. The topological polar surface area (TPSA) is 97.7 Å². The molecule has 0 amide bonds. The summed E-state index contributed by atoms with van der Waals surface area (Å²) in [5, 5.41) is 28.5. The maximum atomic E-state index is 9.50. The van der Waals surface area contributed by atoms with Gasteiger partial charge in [-0.15, -0.1) is 10.2 Å². The highest BCUT2D eigenvalue weighted by Crippen LogP contribution is 2.34. The highest BCUT2D eigenvalue weighted by atomic mass is 35.5. The molecule has 8 nitrogen and oxygen atoms in total. The molecule has 33 heavy (non-hydrogen) atoms. The second-order valence-electron chi connectivity index (χ2n) is 8.55. The second kappa shape index (κ2) is 8.82. The van der Waals surface area contributed by atoms with Crippen LogP contribution in [0.5, 0.6) is 0 Å². The van der Waals surface area contributed by atoms with Gasteiger partial charge in [0.2, 0.25) is 0 Å². The van der Waals surface area contributed by atoms with Crippen molar-refractivity contribution in [1.29, 1.82) is 10.5 Å². The number of anilines is 1. The Morgan fingerprint density at radius 3 is 2.67 bits per heavy atom. The van der Waals surface area contributed by atoms with Crippen LogP contribution in [-0.4, -0.2) is 43.8 Å². The number of nitrogens with zero attached hydrogens (tertiary/aromatic N) is 8. The molecule has 0 radical (unpaired) electrons. The lowest BCUT2D eigenvalue weighted by atomic mass is 9.95. The molecule has 1 saturated heterocycles. The molecule has 2 aliphatic rings. The first-order valence-electron chi connectivity index (χ1n) is 11.1. The standard InChI is InChI=1S/C24H23ClN8/c1-16(12-26)32-14-18-11-19(25)5-6-21(18)33-23(15-32)29-30-24(33)17-7-9-31(10-8-17)22-4-2-3-20(13-27)28-22/h2-6,11,16-17H,7-10,14-15H2,1H3. The van der Waals surface area contributed by atoms with Crippen molar-refractivity contribution in [3.05, 3.63) is 64.3 Å². The van der Waals surface area contributed by atoms with Gasteiger partial charge in [0.15, 0.2) is 5.82 Å². The van der Waals surface area contributed by atoms with Crippen molar-refractivity contribution in [1.82, 2.24) is 24.6 Å². The van der Waals surface area contributed by atoms with Crippen LogP contribution in [-0.2, 0) is 13.1 Å². The van der Waals surface area contributed by atoms with Crippen LogP contribution in [0.2, 0.25) is 5.02 Å². The van der Waals surface area contributed by atoms with E-state index in [2.05, 4.69) is 41.7 Å². The Bertz CT molecular complexity index is 1260. The number of hydrogen-bond acceptors (Lipinski definition) is 7. The second-order valence-corrected chi connectivity index (χ2v) is 8.98. The van der Waals surface area contributed by atoms with Crippen molar-refractivity contribution in [2.75, 3.05) is 18.0 Å². The number of fused-ring (bicyclic) bond motifs is 3. The lowest BCUT2D eigenvalue weighted by molar-refractivity contribution is 0.225. The Kier molecular flexibility index (Phi) is 5.72. The van der Waals surface area contributed by atoms with Gasteiger partial charge in [0.25, 0.3) is 0 Å². The Hall–Kier alpha value is -3.46. The van der Waals surface area contributed by atoms with E-state index in [1.807, 2.05) is 37.3 Å². The van der Waals surface area contributed by atoms with Crippen LogP contribution in [0.1, 0.15) is 48.6 Å². The van der Waals surface area contributed by atoms with Gasteiger partial charge in [-0.1, -0.05) is 17.7 Å². The van der Waals surface area contributed by atoms with Crippen molar-refractivity contribution in [2.45, 2.75) is 44.8 Å². The van der Waals surface area contributed by atoms with Crippen LogP contribution < -0.4 is 4.90 Å². The summed E-state index contributed by atoms with van der Waals surface area (Å²) in [5.41, 5.74) is 2.54. The summed E-state index contributed by atoms with van der Waals surface area (Å²) >= 11 is 6.32. The number of pyridine rings is 1. The average molecular weight is 459 g/mol. The molecule has 1 aromatic carbocycles. The van der Waals surface area contributed by atoms with Crippen molar-refractivity contribution in [2.24, 2.45) is 0 Å². The SMILES string of the molecule is CC(C#N)N1Cc2cc(Cl)ccc2-n2c(nnc2C2CCN(c3cccc(C#N)n3)CC2)C1. The fourth-order valence-electron chi connectivity index (χ4n) is 4.70. The van der Waals surface area contributed by atoms with Gasteiger partial charge in [-0.2, -0.15) is 10.5 Å². The summed E-state index contributed by atoms with van der Waals surface area (Å²) in [5.74, 6) is 2.90. The molecule has 3 aromatic rings. The monoisotopic (exact) mass is 458 g/mol. The molecule has 0 spiro atoms. The molecule has 1 fully saturated rings. The minimum atomic E-state index is -0.247. The predicted molar refractivity (Wildman–Crippen MR) is 124 cm³/mol. The smallest absolute Gasteiger partial charge is 0.151 e. The van der Waals surface area contributed by atoms with E-state index in [-0.39, 0.29) is 12.0 Å². The quantitative estimate of drug-likeness (QED) is 0.588.